The molecule has 0 aliphatic carbocycles. The lowest BCUT2D eigenvalue weighted by Crippen LogP contribution is -2.40. The van der Waals surface area contributed by atoms with Crippen molar-refractivity contribution in [3.8, 4) is 0 Å². The number of hydrogen-bond donors (Lipinski definition) is 1. The Morgan fingerprint density at radius 2 is 2.07 bits per heavy atom. The Hall–Kier alpha value is -0.130. The highest BCUT2D eigenvalue weighted by Gasteiger charge is 2.13. The molecule has 0 aliphatic heterocycles. The molecule has 3 nitrogen and oxygen atoms in total. The minimum atomic E-state index is -0.399. The maximum atomic E-state index is 11.6. The van der Waals surface area contributed by atoms with Crippen LogP contribution in [0.15, 0.2) is 26.0 Å². The number of hydrogen-bond acceptors (Lipinski definition) is 2. The molecule has 0 amide bonds. The summed E-state index contributed by atoms with van der Waals surface area (Å²) < 4.78 is 2.98. The molecule has 1 aromatic heterocycles. The lowest BCUT2D eigenvalue weighted by Gasteiger charge is -2.20. The molecule has 0 aliphatic rings. The number of nitrogens with zero attached hydrogens (tertiary/aromatic N) is 1. The van der Waals surface area contributed by atoms with Gasteiger partial charge in [0.1, 0.15) is 0 Å². The van der Waals surface area contributed by atoms with Gasteiger partial charge in [-0.05, 0) is 51.8 Å². The maximum absolute atomic E-state index is 11.6. The molecule has 14 heavy (non-hydrogen) atoms. The van der Waals surface area contributed by atoms with Gasteiger partial charge in [0.2, 0.25) is 0 Å². The highest BCUT2D eigenvalue weighted by atomic mass is 79.9. The molecular weight excluding hydrogens is 312 g/mol. The predicted molar refractivity (Wildman–Crippen MR) is 64.4 cm³/mol. The largest absolute Gasteiger partial charge is 0.324 e. The van der Waals surface area contributed by atoms with Crippen LogP contribution < -0.4 is 11.3 Å². The quantitative estimate of drug-likeness (QED) is 0.906. The summed E-state index contributed by atoms with van der Waals surface area (Å²) in [6, 6.07) is 1.72. The van der Waals surface area contributed by atoms with Crippen LogP contribution in [0.25, 0.3) is 0 Å². The molecule has 1 rings (SSSR count). The summed E-state index contributed by atoms with van der Waals surface area (Å²) in [5.41, 5.74) is 5.38. The normalized spacial score (nSPS) is 11.8. The van der Waals surface area contributed by atoms with Crippen molar-refractivity contribution in [3.63, 3.8) is 0 Å². The van der Waals surface area contributed by atoms with Gasteiger partial charge in [-0.3, -0.25) is 4.79 Å². The van der Waals surface area contributed by atoms with Gasteiger partial charge >= 0.3 is 0 Å². The summed E-state index contributed by atoms with van der Waals surface area (Å²) in [5, 5.41) is 0. The molecule has 0 saturated carbocycles. The number of rotatable bonds is 2. The Balaban J connectivity index is 3.16. The third-order valence-electron chi connectivity index (χ3n) is 1.59. The van der Waals surface area contributed by atoms with E-state index in [9.17, 15) is 4.79 Å². The van der Waals surface area contributed by atoms with Gasteiger partial charge in [0.15, 0.2) is 0 Å². The number of aromatic nitrogens is 1. The van der Waals surface area contributed by atoms with Crippen LogP contribution in [0.3, 0.4) is 0 Å². The first-order valence-corrected chi connectivity index (χ1v) is 5.72. The molecule has 1 heterocycles. The summed E-state index contributed by atoms with van der Waals surface area (Å²) in [5.74, 6) is 0. The standard InChI is InChI=1S/C9H12Br2N2O/c1-9(2,12)5-13-4-6(10)3-7(11)8(13)14/h3-4H,5,12H2,1-2H3. The van der Waals surface area contributed by atoms with Crippen molar-refractivity contribution in [1.29, 1.82) is 0 Å². The minimum Gasteiger partial charge on any atom is -0.324 e. The van der Waals surface area contributed by atoms with Gasteiger partial charge in [0, 0.05) is 22.8 Å². The van der Waals surface area contributed by atoms with Crippen LogP contribution in [-0.4, -0.2) is 10.1 Å². The van der Waals surface area contributed by atoms with Crippen molar-refractivity contribution in [2.75, 3.05) is 0 Å². The van der Waals surface area contributed by atoms with Gasteiger partial charge in [0.25, 0.3) is 5.56 Å². The number of halogens is 2. The summed E-state index contributed by atoms with van der Waals surface area (Å²) in [6.45, 7) is 4.26. The van der Waals surface area contributed by atoms with Crippen LogP contribution >= 0.6 is 31.9 Å². The van der Waals surface area contributed by atoms with E-state index in [-0.39, 0.29) is 5.56 Å². The van der Waals surface area contributed by atoms with Gasteiger partial charge in [-0.15, -0.1) is 0 Å². The van der Waals surface area contributed by atoms with Gasteiger partial charge in [0.05, 0.1) is 4.47 Å². The fourth-order valence-corrected chi connectivity index (χ4v) is 2.38. The van der Waals surface area contributed by atoms with Crippen LogP contribution in [0.2, 0.25) is 0 Å². The van der Waals surface area contributed by atoms with Crippen LogP contribution in [0.5, 0.6) is 0 Å². The molecule has 0 atom stereocenters. The number of nitrogens with two attached hydrogens (primary N) is 1. The minimum absolute atomic E-state index is 0.0632. The molecular formula is C9H12Br2N2O. The van der Waals surface area contributed by atoms with Crippen molar-refractivity contribution in [2.45, 2.75) is 25.9 Å². The van der Waals surface area contributed by atoms with Crippen molar-refractivity contribution in [2.24, 2.45) is 5.73 Å². The van der Waals surface area contributed by atoms with E-state index in [1.54, 1.807) is 16.8 Å². The molecule has 0 bridgehead atoms. The summed E-state index contributed by atoms with van der Waals surface area (Å²) in [4.78, 5) is 11.6. The van der Waals surface area contributed by atoms with E-state index < -0.39 is 5.54 Å². The SMILES string of the molecule is CC(C)(N)Cn1cc(Br)cc(Br)c1=O. The van der Waals surface area contributed by atoms with Crippen molar-refractivity contribution < 1.29 is 0 Å². The second kappa shape index (κ2) is 4.16. The van der Waals surface area contributed by atoms with Gasteiger partial charge < -0.3 is 10.3 Å². The highest BCUT2D eigenvalue weighted by Crippen LogP contribution is 2.13. The lowest BCUT2D eigenvalue weighted by atomic mass is 10.1. The van der Waals surface area contributed by atoms with E-state index in [2.05, 4.69) is 31.9 Å². The van der Waals surface area contributed by atoms with Crippen LogP contribution in [0, 0.1) is 0 Å². The van der Waals surface area contributed by atoms with Crippen LogP contribution in [0.1, 0.15) is 13.8 Å². The van der Waals surface area contributed by atoms with E-state index in [1.165, 1.54) is 0 Å². The molecule has 5 heteroatoms. The van der Waals surface area contributed by atoms with Crippen molar-refractivity contribution in [1.82, 2.24) is 4.57 Å². The Labute approximate surface area is 99.6 Å². The second-order valence-electron chi connectivity index (χ2n) is 3.93. The smallest absolute Gasteiger partial charge is 0.264 e. The maximum Gasteiger partial charge on any atom is 0.264 e. The topological polar surface area (TPSA) is 48.0 Å². The van der Waals surface area contributed by atoms with E-state index in [4.69, 9.17) is 5.73 Å². The second-order valence-corrected chi connectivity index (χ2v) is 5.70. The molecule has 0 fully saturated rings. The van der Waals surface area contributed by atoms with Gasteiger partial charge in [-0.25, -0.2) is 0 Å². The third-order valence-corrected chi connectivity index (χ3v) is 2.59. The zero-order valence-corrected chi connectivity index (χ0v) is 11.2. The van der Waals surface area contributed by atoms with Gasteiger partial charge in [-0.1, -0.05) is 0 Å². The fraction of sp³-hybridized carbons (Fsp3) is 0.444. The molecule has 1 aromatic rings. The molecule has 0 unspecified atom stereocenters. The third kappa shape index (κ3) is 3.22. The van der Waals surface area contributed by atoms with E-state index in [0.717, 1.165) is 4.47 Å². The zero-order chi connectivity index (χ0) is 10.9. The fourth-order valence-electron chi connectivity index (χ4n) is 1.12. The Bertz CT molecular complexity index is 393. The summed E-state index contributed by atoms with van der Waals surface area (Å²) in [6.07, 6.45) is 1.74. The number of pyridine rings is 1. The molecule has 2 N–H and O–H groups in total. The van der Waals surface area contributed by atoms with Crippen LogP contribution in [0.4, 0.5) is 0 Å². The summed E-state index contributed by atoms with van der Waals surface area (Å²) >= 11 is 6.52. The average molecular weight is 324 g/mol. The first kappa shape index (κ1) is 11.9. The van der Waals surface area contributed by atoms with Crippen molar-refractivity contribution >= 4 is 31.9 Å². The van der Waals surface area contributed by atoms with E-state index in [1.807, 2.05) is 13.8 Å². The molecule has 0 saturated heterocycles. The predicted octanol–water partition coefficient (Wildman–Crippen LogP) is 2.11. The average Bonchev–Trinajstić information content (AvgIpc) is 1.96. The molecule has 0 aromatic carbocycles. The van der Waals surface area contributed by atoms with E-state index in [0.29, 0.717) is 11.0 Å². The van der Waals surface area contributed by atoms with Gasteiger partial charge in [-0.2, -0.15) is 0 Å². The molecule has 0 spiro atoms. The highest BCUT2D eigenvalue weighted by molar-refractivity contribution is 9.11. The Morgan fingerprint density at radius 3 is 2.57 bits per heavy atom. The Morgan fingerprint density at radius 1 is 1.50 bits per heavy atom. The molecule has 0 radical (unpaired) electrons. The lowest BCUT2D eigenvalue weighted by molar-refractivity contribution is 0.425. The molecule has 78 valence electrons. The first-order valence-electron chi connectivity index (χ1n) is 4.14. The summed E-state index contributed by atoms with van der Waals surface area (Å²) in [7, 11) is 0. The zero-order valence-electron chi connectivity index (χ0n) is 8.05. The van der Waals surface area contributed by atoms with Crippen LogP contribution in [-0.2, 0) is 6.54 Å². The van der Waals surface area contributed by atoms with Crippen molar-refractivity contribution in [3.05, 3.63) is 31.6 Å². The monoisotopic (exact) mass is 322 g/mol. The first-order chi connectivity index (χ1) is 6.29. The van der Waals surface area contributed by atoms with E-state index >= 15 is 0 Å². The Kier molecular flexibility index (Phi) is 3.55.